The van der Waals surface area contributed by atoms with E-state index in [0.717, 1.165) is 18.1 Å². The van der Waals surface area contributed by atoms with E-state index >= 15 is 0 Å². The molecule has 22 heavy (non-hydrogen) atoms. The van der Waals surface area contributed by atoms with Crippen molar-refractivity contribution in [2.24, 2.45) is 5.92 Å². The third-order valence-corrected chi connectivity index (χ3v) is 4.57. The smallest absolute Gasteiger partial charge is 0.274 e. The highest BCUT2D eigenvalue weighted by Crippen LogP contribution is 2.25. The third kappa shape index (κ3) is 5.41. The molecule has 1 aliphatic rings. The standard InChI is InChI=1S/C18H26FNO2/c19-17-12-15(11-16(13-17)18(21)20-22)10-14-8-6-4-2-1-3-5-7-9-14/h11-14,22H,1-10H2,(H,20,21). The highest BCUT2D eigenvalue weighted by Gasteiger charge is 2.14. The van der Waals surface area contributed by atoms with Crippen LogP contribution in [-0.4, -0.2) is 11.1 Å². The van der Waals surface area contributed by atoms with Crippen LogP contribution in [0.4, 0.5) is 4.39 Å². The Morgan fingerprint density at radius 2 is 1.64 bits per heavy atom. The van der Waals surface area contributed by atoms with Gasteiger partial charge < -0.3 is 0 Å². The number of hydroxylamine groups is 1. The molecule has 0 spiro atoms. The Morgan fingerprint density at radius 3 is 2.23 bits per heavy atom. The molecule has 0 radical (unpaired) electrons. The highest BCUT2D eigenvalue weighted by atomic mass is 19.1. The van der Waals surface area contributed by atoms with Crippen molar-refractivity contribution in [2.45, 2.75) is 64.2 Å². The molecule has 0 saturated heterocycles. The van der Waals surface area contributed by atoms with Crippen molar-refractivity contribution in [3.8, 4) is 0 Å². The molecule has 1 aromatic rings. The average molecular weight is 307 g/mol. The van der Waals surface area contributed by atoms with Crippen molar-refractivity contribution in [2.75, 3.05) is 0 Å². The van der Waals surface area contributed by atoms with Gasteiger partial charge in [-0.05, 0) is 36.1 Å². The lowest BCUT2D eigenvalue weighted by Gasteiger charge is -2.19. The molecule has 1 aliphatic carbocycles. The number of nitrogens with one attached hydrogen (secondary N) is 1. The number of amides is 1. The van der Waals surface area contributed by atoms with E-state index in [1.165, 1.54) is 63.9 Å². The molecule has 1 saturated carbocycles. The summed E-state index contributed by atoms with van der Waals surface area (Å²) in [5.74, 6) is -0.521. The summed E-state index contributed by atoms with van der Waals surface area (Å²) in [6, 6.07) is 4.35. The first-order valence-electron chi connectivity index (χ1n) is 8.43. The largest absolute Gasteiger partial charge is 0.288 e. The average Bonchev–Trinajstić information content (AvgIpc) is 2.52. The molecule has 0 aliphatic heterocycles. The van der Waals surface area contributed by atoms with E-state index in [9.17, 15) is 9.18 Å². The molecule has 1 amide bonds. The Balaban J connectivity index is 2.03. The Bertz CT molecular complexity index is 480. The maximum Gasteiger partial charge on any atom is 0.274 e. The lowest BCUT2D eigenvalue weighted by atomic mass is 9.87. The lowest BCUT2D eigenvalue weighted by molar-refractivity contribution is 0.0705. The topological polar surface area (TPSA) is 49.3 Å². The van der Waals surface area contributed by atoms with Gasteiger partial charge in [-0.3, -0.25) is 10.0 Å². The summed E-state index contributed by atoms with van der Waals surface area (Å²) in [5.41, 5.74) is 2.59. The van der Waals surface area contributed by atoms with Crippen molar-refractivity contribution in [1.82, 2.24) is 5.48 Å². The summed E-state index contributed by atoms with van der Waals surface area (Å²) in [7, 11) is 0. The molecule has 2 N–H and O–H groups in total. The van der Waals surface area contributed by atoms with Gasteiger partial charge in [0.05, 0.1) is 0 Å². The van der Waals surface area contributed by atoms with Crippen LogP contribution in [0, 0.1) is 11.7 Å². The molecule has 2 rings (SSSR count). The second kappa shape index (κ2) is 8.89. The Hall–Kier alpha value is -1.42. The van der Waals surface area contributed by atoms with Crippen molar-refractivity contribution in [1.29, 1.82) is 0 Å². The van der Waals surface area contributed by atoms with Crippen LogP contribution in [0.2, 0.25) is 0 Å². The summed E-state index contributed by atoms with van der Waals surface area (Å²) in [4.78, 5) is 11.5. The summed E-state index contributed by atoms with van der Waals surface area (Å²) in [6.07, 6.45) is 12.2. The molecule has 3 nitrogen and oxygen atoms in total. The molecule has 0 unspecified atom stereocenters. The van der Waals surface area contributed by atoms with E-state index in [4.69, 9.17) is 5.21 Å². The molecule has 4 heteroatoms. The molecule has 1 fully saturated rings. The number of hydrogen-bond donors (Lipinski definition) is 2. The first kappa shape index (κ1) is 16.9. The minimum Gasteiger partial charge on any atom is -0.288 e. The second-order valence-corrected chi connectivity index (χ2v) is 6.41. The van der Waals surface area contributed by atoms with Gasteiger partial charge in [-0.1, -0.05) is 57.8 Å². The van der Waals surface area contributed by atoms with Gasteiger partial charge in [-0.25, -0.2) is 9.87 Å². The Kier molecular flexibility index (Phi) is 6.84. The zero-order valence-electron chi connectivity index (χ0n) is 13.1. The van der Waals surface area contributed by atoms with E-state index in [2.05, 4.69) is 0 Å². The van der Waals surface area contributed by atoms with Gasteiger partial charge in [0, 0.05) is 5.56 Å². The molecular weight excluding hydrogens is 281 g/mol. The number of carbonyl (C=O) groups excluding carboxylic acids is 1. The maximum atomic E-state index is 13.7. The summed E-state index contributed by atoms with van der Waals surface area (Å²) in [5, 5.41) is 8.70. The first-order valence-corrected chi connectivity index (χ1v) is 8.43. The number of carbonyl (C=O) groups is 1. The molecule has 1 aromatic carbocycles. The van der Waals surface area contributed by atoms with Crippen LogP contribution >= 0.6 is 0 Å². The van der Waals surface area contributed by atoms with Crippen molar-refractivity contribution >= 4 is 5.91 Å². The predicted octanol–water partition coefficient (Wildman–Crippen LogP) is 4.63. The molecule has 0 aromatic heterocycles. The van der Waals surface area contributed by atoms with Crippen molar-refractivity contribution in [3.05, 3.63) is 35.1 Å². The van der Waals surface area contributed by atoms with Gasteiger partial charge in [0.1, 0.15) is 5.82 Å². The van der Waals surface area contributed by atoms with E-state index in [1.54, 1.807) is 11.5 Å². The van der Waals surface area contributed by atoms with Crippen LogP contribution in [-0.2, 0) is 6.42 Å². The molecule has 0 bridgehead atoms. The fraction of sp³-hybridized carbons (Fsp3) is 0.611. The van der Waals surface area contributed by atoms with Crippen LogP contribution in [0.1, 0.15) is 73.7 Å². The molecule has 0 atom stereocenters. The molecular formula is C18H26FNO2. The third-order valence-electron chi connectivity index (χ3n) is 4.57. The summed E-state index contributed by atoms with van der Waals surface area (Å²) in [6.45, 7) is 0. The van der Waals surface area contributed by atoms with E-state index < -0.39 is 11.7 Å². The normalized spacial score (nSPS) is 17.9. The number of halogens is 1. The quantitative estimate of drug-likeness (QED) is 0.632. The minimum atomic E-state index is -0.660. The Labute approximate surface area is 131 Å². The zero-order valence-corrected chi connectivity index (χ0v) is 13.1. The van der Waals surface area contributed by atoms with Crippen molar-refractivity contribution < 1.29 is 14.4 Å². The van der Waals surface area contributed by atoms with Gasteiger partial charge in [0.15, 0.2) is 0 Å². The monoisotopic (exact) mass is 307 g/mol. The van der Waals surface area contributed by atoms with E-state index in [0.29, 0.717) is 5.92 Å². The zero-order chi connectivity index (χ0) is 15.8. The highest BCUT2D eigenvalue weighted by molar-refractivity contribution is 5.93. The van der Waals surface area contributed by atoms with Crippen LogP contribution in [0.3, 0.4) is 0 Å². The number of hydrogen-bond acceptors (Lipinski definition) is 2. The van der Waals surface area contributed by atoms with Crippen molar-refractivity contribution in [3.63, 3.8) is 0 Å². The van der Waals surface area contributed by atoms with Crippen LogP contribution in [0.5, 0.6) is 0 Å². The van der Waals surface area contributed by atoms with E-state index in [1.807, 2.05) is 0 Å². The van der Waals surface area contributed by atoms with Crippen LogP contribution in [0.15, 0.2) is 18.2 Å². The predicted molar refractivity (Wildman–Crippen MR) is 84.4 cm³/mol. The summed E-state index contributed by atoms with van der Waals surface area (Å²) >= 11 is 0. The SMILES string of the molecule is O=C(NO)c1cc(F)cc(CC2CCCCCCCCC2)c1. The number of rotatable bonds is 3. The van der Waals surface area contributed by atoms with Gasteiger partial charge >= 0.3 is 0 Å². The van der Waals surface area contributed by atoms with Gasteiger partial charge in [0.2, 0.25) is 0 Å². The van der Waals surface area contributed by atoms with Crippen LogP contribution in [0.25, 0.3) is 0 Å². The summed E-state index contributed by atoms with van der Waals surface area (Å²) < 4.78 is 13.7. The number of benzene rings is 1. The lowest BCUT2D eigenvalue weighted by Crippen LogP contribution is -2.19. The van der Waals surface area contributed by atoms with Crippen LogP contribution < -0.4 is 5.48 Å². The fourth-order valence-corrected chi connectivity index (χ4v) is 3.40. The fourth-order valence-electron chi connectivity index (χ4n) is 3.40. The van der Waals surface area contributed by atoms with E-state index in [-0.39, 0.29) is 5.56 Å². The Morgan fingerprint density at radius 1 is 1.05 bits per heavy atom. The first-order chi connectivity index (χ1) is 10.7. The van der Waals surface area contributed by atoms with Gasteiger partial charge in [-0.2, -0.15) is 0 Å². The second-order valence-electron chi connectivity index (χ2n) is 6.41. The minimum absolute atomic E-state index is 0.178. The maximum absolute atomic E-state index is 13.7. The van der Waals surface area contributed by atoms with Gasteiger partial charge in [-0.15, -0.1) is 0 Å². The molecule has 0 heterocycles. The van der Waals surface area contributed by atoms with Gasteiger partial charge in [0.25, 0.3) is 5.91 Å². The molecule has 122 valence electrons.